The molecule has 2 heteroatoms. The summed E-state index contributed by atoms with van der Waals surface area (Å²) in [6.45, 7) is 2.25. The zero-order chi connectivity index (χ0) is 13.3. The van der Waals surface area contributed by atoms with Crippen LogP contribution in [0.3, 0.4) is 0 Å². The van der Waals surface area contributed by atoms with E-state index < -0.39 is 0 Å². The predicted molar refractivity (Wildman–Crippen MR) is 91.6 cm³/mol. The molecule has 0 aliphatic carbocycles. The van der Waals surface area contributed by atoms with Crippen LogP contribution in [0.15, 0.2) is 60.7 Å². The molecule has 0 spiro atoms. The molecule has 0 radical (unpaired) electrons. The van der Waals surface area contributed by atoms with Crippen LogP contribution in [0.25, 0.3) is 0 Å². The van der Waals surface area contributed by atoms with Crippen molar-refractivity contribution in [3.63, 3.8) is 0 Å². The van der Waals surface area contributed by atoms with E-state index in [0.29, 0.717) is 0 Å². The van der Waals surface area contributed by atoms with Crippen molar-refractivity contribution in [1.29, 1.82) is 0 Å². The molecule has 0 atom stereocenters. The molecule has 0 heterocycles. The minimum Gasteiger partial charge on any atom is -0.162 e. The van der Waals surface area contributed by atoms with Crippen molar-refractivity contribution in [2.24, 2.45) is 0 Å². The summed E-state index contributed by atoms with van der Waals surface area (Å²) in [6, 6.07) is 22.0. The molecule has 0 bridgehead atoms. The Balaban J connectivity index is 2.10. The third-order valence-electron chi connectivity index (χ3n) is 2.94. The van der Waals surface area contributed by atoms with E-state index in [9.17, 15) is 0 Å². The Morgan fingerprint density at radius 1 is 0.789 bits per heavy atom. The average molecular weight is 288 g/mol. The number of hydrogen-bond donors (Lipinski definition) is 0. The van der Waals surface area contributed by atoms with Gasteiger partial charge in [-0.05, 0) is 42.6 Å². The quantitative estimate of drug-likeness (QED) is 0.542. The maximum Gasteiger partial charge on any atom is -0.00221 e. The van der Waals surface area contributed by atoms with Gasteiger partial charge in [-0.2, -0.15) is 11.8 Å². The second kappa shape index (κ2) is 8.40. The Kier molecular flexibility index (Phi) is 6.47. The van der Waals surface area contributed by atoms with Crippen molar-refractivity contribution < 1.29 is 0 Å². The van der Waals surface area contributed by atoms with Crippen molar-refractivity contribution in [1.82, 2.24) is 0 Å². The zero-order valence-corrected chi connectivity index (χ0v) is 13.2. The molecule has 0 saturated heterocycles. The smallest absolute Gasteiger partial charge is 0.00221 e. The molecule has 0 N–H and O–H groups in total. The van der Waals surface area contributed by atoms with Crippen molar-refractivity contribution >= 4 is 30.3 Å². The van der Waals surface area contributed by atoms with Crippen LogP contribution in [-0.4, -0.2) is 17.7 Å². The fraction of sp³-hybridized carbons (Fsp3) is 0.294. The van der Waals surface area contributed by atoms with Crippen LogP contribution in [-0.2, 0) is 0 Å². The molecule has 100 valence electrons. The van der Waals surface area contributed by atoms with Crippen molar-refractivity contribution in [3.05, 3.63) is 60.7 Å². The van der Waals surface area contributed by atoms with E-state index in [1.54, 1.807) is 0 Å². The zero-order valence-electron chi connectivity index (χ0n) is 11.5. The molecular formula is C17H21PS. The summed E-state index contributed by atoms with van der Waals surface area (Å²) in [5, 5.41) is 3.00. The Labute approximate surface area is 122 Å². The molecule has 2 aromatic rings. The third-order valence-corrected chi connectivity index (χ3v) is 6.95. The molecule has 0 nitrogen and oxygen atoms in total. The van der Waals surface area contributed by atoms with Gasteiger partial charge >= 0.3 is 0 Å². The summed E-state index contributed by atoms with van der Waals surface area (Å²) in [5.74, 6) is 2.55. The summed E-state index contributed by atoms with van der Waals surface area (Å²) in [7, 11) is -0.188. The van der Waals surface area contributed by atoms with Crippen molar-refractivity contribution in [3.8, 4) is 0 Å². The normalized spacial score (nSPS) is 10.8. The molecule has 0 aromatic heterocycles. The molecule has 19 heavy (non-hydrogen) atoms. The summed E-state index contributed by atoms with van der Waals surface area (Å²) in [5.41, 5.74) is 0. The lowest BCUT2D eigenvalue weighted by Gasteiger charge is -2.18. The fourth-order valence-corrected chi connectivity index (χ4v) is 5.64. The van der Waals surface area contributed by atoms with E-state index in [4.69, 9.17) is 0 Å². The first-order valence-corrected chi connectivity index (χ1v) is 9.55. The molecule has 0 aliphatic rings. The van der Waals surface area contributed by atoms with Crippen molar-refractivity contribution in [2.45, 2.75) is 13.3 Å². The van der Waals surface area contributed by atoms with Gasteiger partial charge in [0.25, 0.3) is 0 Å². The van der Waals surface area contributed by atoms with Gasteiger partial charge in [0.2, 0.25) is 0 Å². The van der Waals surface area contributed by atoms with E-state index in [0.717, 1.165) is 0 Å². The van der Waals surface area contributed by atoms with Gasteiger partial charge in [0.15, 0.2) is 0 Å². The van der Waals surface area contributed by atoms with Crippen LogP contribution in [0.1, 0.15) is 13.3 Å². The molecule has 0 unspecified atom stereocenters. The first-order chi connectivity index (χ1) is 9.42. The van der Waals surface area contributed by atoms with Gasteiger partial charge in [-0.1, -0.05) is 67.6 Å². The highest BCUT2D eigenvalue weighted by molar-refractivity contribution is 7.99. The largest absolute Gasteiger partial charge is 0.162 e. The van der Waals surface area contributed by atoms with E-state index in [1.807, 2.05) is 0 Å². The predicted octanol–water partition coefficient (Wildman–Crippen LogP) is 4.26. The Morgan fingerprint density at radius 2 is 1.32 bits per heavy atom. The summed E-state index contributed by atoms with van der Waals surface area (Å²) in [4.78, 5) is 0. The van der Waals surface area contributed by atoms with Crippen LogP contribution in [0.2, 0.25) is 0 Å². The van der Waals surface area contributed by atoms with Crippen LogP contribution < -0.4 is 10.6 Å². The minimum atomic E-state index is -0.188. The first-order valence-electron chi connectivity index (χ1n) is 6.87. The van der Waals surface area contributed by atoms with Crippen LogP contribution in [0.5, 0.6) is 0 Å². The lowest BCUT2D eigenvalue weighted by molar-refractivity contribution is 1.11. The highest BCUT2D eigenvalue weighted by Crippen LogP contribution is 2.34. The molecule has 0 fully saturated rings. The van der Waals surface area contributed by atoms with Gasteiger partial charge in [0.1, 0.15) is 0 Å². The highest BCUT2D eigenvalue weighted by Gasteiger charge is 2.12. The second-order valence-corrected chi connectivity index (χ2v) is 8.00. The van der Waals surface area contributed by atoms with E-state index >= 15 is 0 Å². The molecule has 0 aliphatic heterocycles. The summed E-state index contributed by atoms with van der Waals surface area (Å²) in [6.07, 6.45) is 2.56. The van der Waals surface area contributed by atoms with Crippen LogP contribution >= 0.6 is 19.7 Å². The standard InChI is InChI=1S/C17H21PS/c1-2-14-19-15-13-18(16-9-5-3-6-10-16)17-11-7-4-8-12-17/h3-12H,2,13-15H2,1H3. The van der Waals surface area contributed by atoms with Gasteiger partial charge in [-0.3, -0.25) is 0 Å². The first kappa shape index (κ1) is 14.6. The Hall–Kier alpha value is -0.780. The summed E-state index contributed by atoms with van der Waals surface area (Å²) >= 11 is 2.09. The van der Waals surface area contributed by atoms with Gasteiger partial charge in [-0.25, -0.2) is 0 Å². The minimum absolute atomic E-state index is 0.188. The van der Waals surface area contributed by atoms with E-state index in [1.165, 1.54) is 34.7 Å². The SMILES string of the molecule is CCCSCCP(c1ccccc1)c1ccccc1. The number of benzene rings is 2. The van der Waals surface area contributed by atoms with E-state index in [-0.39, 0.29) is 7.92 Å². The Morgan fingerprint density at radius 3 is 1.79 bits per heavy atom. The number of hydrogen-bond acceptors (Lipinski definition) is 1. The topological polar surface area (TPSA) is 0 Å². The molecule has 2 rings (SSSR count). The second-order valence-electron chi connectivity index (χ2n) is 4.44. The monoisotopic (exact) mass is 288 g/mol. The average Bonchev–Trinajstić information content (AvgIpc) is 2.49. The van der Waals surface area contributed by atoms with Crippen LogP contribution in [0, 0.1) is 0 Å². The lowest BCUT2D eigenvalue weighted by atomic mass is 10.4. The molecule has 0 saturated carbocycles. The molecule has 2 aromatic carbocycles. The maximum atomic E-state index is 2.28. The highest BCUT2D eigenvalue weighted by atomic mass is 32.2. The third kappa shape index (κ3) is 4.67. The van der Waals surface area contributed by atoms with E-state index in [2.05, 4.69) is 79.3 Å². The Bertz CT molecular complexity index is 416. The van der Waals surface area contributed by atoms with Gasteiger partial charge in [0, 0.05) is 0 Å². The van der Waals surface area contributed by atoms with Gasteiger partial charge in [0.05, 0.1) is 0 Å². The maximum absolute atomic E-state index is 2.28. The number of rotatable bonds is 7. The van der Waals surface area contributed by atoms with Crippen molar-refractivity contribution in [2.75, 3.05) is 17.7 Å². The fourth-order valence-electron chi connectivity index (χ4n) is 2.03. The lowest BCUT2D eigenvalue weighted by Crippen LogP contribution is -2.14. The summed E-state index contributed by atoms with van der Waals surface area (Å²) < 4.78 is 0. The molecular weight excluding hydrogens is 267 g/mol. The molecule has 0 amide bonds. The van der Waals surface area contributed by atoms with Gasteiger partial charge < -0.3 is 0 Å². The van der Waals surface area contributed by atoms with Crippen LogP contribution in [0.4, 0.5) is 0 Å². The van der Waals surface area contributed by atoms with Gasteiger partial charge in [-0.15, -0.1) is 0 Å². The number of thioether (sulfide) groups is 1.